The standard InChI is InChI=1S/C14H16O/c1-14(2,3)11-8-10-6-4-5-7-12(10)13(15)9-11/h4-8H,9H2,1-3H3. The molecule has 0 atom stereocenters. The Labute approximate surface area is 90.8 Å². The third-order valence-electron chi connectivity index (χ3n) is 2.91. The Hall–Kier alpha value is -1.37. The summed E-state index contributed by atoms with van der Waals surface area (Å²) < 4.78 is 0. The first-order valence-corrected chi connectivity index (χ1v) is 5.32. The van der Waals surface area contributed by atoms with Gasteiger partial charge in [-0.15, -0.1) is 0 Å². The van der Waals surface area contributed by atoms with E-state index in [0.717, 1.165) is 11.1 Å². The lowest BCUT2D eigenvalue weighted by Crippen LogP contribution is -2.17. The fraction of sp³-hybridized carbons (Fsp3) is 0.357. The molecule has 0 amide bonds. The highest BCUT2D eigenvalue weighted by Crippen LogP contribution is 2.34. The molecule has 15 heavy (non-hydrogen) atoms. The van der Waals surface area contributed by atoms with E-state index in [0.29, 0.717) is 6.42 Å². The van der Waals surface area contributed by atoms with Crippen LogP contribution in [0.3, 0.4) is 0 Å². The fourth-order valence-electron chi connectivity index (χ4n) is 1.87. The number of Topliss-reactive ketones (excluding diaryl/α,β-unsaturated/α-hetero) is 1. The highest BCUT2D eigenvalue weighted by molar-refractivity contribution is 6.03. The summed E-state index contributed by atoms with van der Waals surface area (Å²) in [6.45, 7) is 6.46. The minimum atomic E-state index is 0.0865. The van der Waals surface area contributed by atoms with Gasteiger partial charge in [-0.1, -0.05) is 56.7 Å². The maximum atomic E-state index is 11.9. The zero-order chi connectivity index (χ0) is 11.1. The van der Waals surface area contributed by atoms with Gasteiger partial charge in [0, 0.05) is 12.0 Å². The summed E-state index contributed by atoms with van der Waals surface area (Å²) in [5.74, 6) is 0.248. The average molecular weight is 200 g/mol. The van der Waals surface area contributed by atoms with Crippen LogP contribution in [0.2, 0.25) is 0 Å². The normalized spacial score (nSPS) is 15.9. The molecule has 78 valence electrons. The van der Waals surface area contributed by atoms with E-state index < -0.39 is 0 Å². The van der Waals surface area contributed by atoms with Crippen LogP contribution in [0.25, 0.3) is 6.08 Å². The molecule has 1 nitrogen and oxygen atoms in total. The third-order valence-corrected chi connectivity index (χ3v) is 2.91. The van der Waals surface area contributed by atoms with E-state index in [-0.39, 0.29) is 11.2 Å². The van der Waals surface area contributed by atoms with E-state index in [1.54, 1.807) is 0 Å². The Morgan fingerprint density at radius 2 is 1.80 bits per heavy atom. The van der Waals surface area contributed by atoms with Gasteiger partial charge >= 0.3 is 0 Å². The van der Waals surface area contributed by atoms with Crippen molar-refractivity contribution < 1.29 is 4.79 Å². The van der Waals surface area contributed by atoms with Crippen LogP contribution >= 0.6 is 0 Å². The first-order valence-electron chi connectivity index (χ1n) is 5.32. The summed E-state index contributed by atoms with van der Waals surface area (Å²) in [5, 5.41) is 0. The van der Waals surface area contributed by atoms with Crippen LogP contribution < -0.4 is 0 Å². The van der Waals surface area contributed by atoms with Crippen molar-refractivity contribution in [3.63, 3.8) is 0 Å². The Morgan fingerprint density at radius 3 is 2.47 bits per heavy atom. The van der Waals surface area contributed by atoms with Gasteiger partial charge in [-0.2, -0.15) is 0 Å². The number of hydrogen-bond acceptors (Lipinski definition) is 1. The van der Waals surface area contributed by atoms with Crippen LogP contribution in [0.1, 0.15) is 43.1 Å². The molecule has 0 aromatic heterocycles. The maximum absolute atomic E-state index is 11.9. The molecule has 0 radical (unpaired) electrons. The van der Waals surface area contributed by atoms with Gasteiger partial charge in [-0.25, -0.2) is 0 Å². The lowest BCUT2D eigenvalue weighted by Gasteiger charge is -2.26. The second-order valence-corrected chi connectivity index (χ2v) is 5.11. The van der Waals surface area contributed by atoms with Crippen molar-refractivity contribution in [1.29, 1.82) is 0 Å². The molecule has 0 N–H and O–H groups in total. The molecule has 2 rings (SSSR count). The van der Waals surface area contributed by atoms with Crippen LogP contribution in [-0.2, 0) is 0 Å². The molecular formula is C14H16O. The Bertz CT molecular complexity index is 433. The molecule has 1 heteroatoms. The van der Waals surface area contributed by atoms with Crippen LogP contribution in [0.4, 0.5) is 0 Å². The topological polar surface area (TPSA) is 17.1 Å². The predicted molar refractivity (Wildman–Crippen MR) is 62.8 cm³/mol. The van der Waals surface area contributed by atoms with Crippen LogP contribution in [0.5, 0.6) is 0 Å². The van der Waals surface area contributed by atoms with Crippen molar-refractivity contribution in [2.24, 2.45) is 5.41 Å². The van der Waals surface area contributed by atoms with Crippen molar-refractivity contribution in [3.05, 3.63) is 41.0 Å². The molecule has 1 aromatic carbocycles. The molecule has 0 aliphatic heterocycles. The SMILES string of the molecule is CC(C)(C)C1=Cc2ccccc2C(=O)C1. The summed E-state index contributed by atoms with van der Waals surface area (Å²) in [7, 11) is 0. The van der Waals surface area contributed by atoms with E-state index in [1.165, 1.54) is 5.57 Å². The Morgan fingerprint density at radius 1 is 1.13 bits per heavy atom. The number of benzene rings is 1. The largest absolute Gasteiger partial charge is 0.294 e. The van der Waals surface area contributed by atoms with Crippen molar-refractivity contribution >= 4 is 11.9 Å². The Kier molecular flexibility index (Phi) is 2.26. The van der Waals surface area contributed by atoms with E-state index >= 15 is 0 Å². The van der Waals surface area contributed by atoms with E-state index in [1.807, 2.05) is 24.3 Å². The molecule has 1 aliphatic rings. The van der Waals surface area contributed by atoms with Gasteiger partial charge in [-0.3, -0.25) is 4.79 Å². The lowest BCUT2D eigenvalue weighted by atomic mass is 9.78. The van der Waals surface area contributed by atoms with Crippen LogP contribution in [0, 0.1) is 5.41 Å². The summed E-state index contributed by atoms with van der Waals surface area (Å²) >= 11 is 0. The zero-order valence-corrected chi connectivity index (χ0v) is 9.50. The molecule has 0 spiro atoms. The van der Waals surface area contributed by atoms with Gasteiger partial charge in [0.2, 0.25) is 0 Å². The molecule has 0 saturated heterocycles. The lowest BCUT2D eigenvalue weighted by molar-refractivity contribution is 0.0985. The first-order chi connectivity index (χ1) is 6.98. The average Bonchev–Trinajstić information content (AvgIpc) is 2.16. The van der Waals surface area contributed by atoms with Gasteiger partial charge in [0.25, 0.3) is 0 Å². The summed E-state index contributed by atoms with van der Waals surface area (Å²) in [6.07, 6.45) is 2.73. The summed E-state index contributed by atoms with van der Waals surface area (Å²) in [4.78, 5) is 11.9. The molecule has 0 unspecified atom stereocenters. The molecule has 0 fully saturated rings. The number of allylic oxidation sites excluding steroid dienone is 1. The molecular weight excluding hydrogens is 184 g/mol. The predicted octanol–water partition coefficient (Wildman–Crippen LogP) is 3.70. The molecule has 1 aliphatic carbocycles. The number of carbonyl (C=O) groups is 1. The molecule has 0 heterocycles. The quantitative estimate of drug-likeness (QED) is 0.624. The Balaban J connectivity index is 2.52. The van der Waals surface area contributed by atoms with E-state index in [4.69, 9.17) is 0 Å². The van der Waals surface area contributed by atoms with Gasteiger partial charge in [0.05, 0.1) is 0 Å². The highest BCUT2D eigenvalue weighted by atomic mass is 16.1. The van der Waals surface area contributed by atoms with Crippen LogP contribution in [-0.4, -0.2) is 5.78 Å². The molecule has 0 bridgehead atoms. The zero-order valence-electron chi connectivity index (χ0n) is 9.50. The number of carbonyl (C=O) groups excluding carboxylic acids is 1. The highest BCUT2D eigenvalue weighted by Gasteiger charge is 2.25. The minimum Gasteiger partial charge on any atom is -0.294 e. The first kappa shape index (κ1) is 10.2. The van der Waals surface area contributed by atoms with Crippen LogP contribution in [0.15, 0.2) is 29.8 Å². The number of hydrogen-bond donors (Lipinski definition) is 0. The molecule has 0 saturated carbocycles. The van der Waals surface area contributed by atoms with Gasteiger partial charge in [0.15, 0.2) is 5.78 Å². The molecule has 1 aromatic rings. The second-order valence-electron chi connectivity index (χ2n) is 5.11. The van der Waals surface area contributed by atoms with E-state index in [9.17, 15) is 4.79 Å². The van der Waals surface area contributed by atoms with Crippen molar-refractivity contribution in [1.82, 2.24) is 0 Å². The number of ketones is 1. The monoisotopic (exact) mass is 200 g/mol. The summed E-state index contributed by atoms with van der Waals surface area (Å²) in [5.41, 5.74) is 3.25. The van der Waals surface area contributed by atoms with E-state index in [2.05, 4.69) is 26.8 Å². The van der Waals surface area contributed by atoms with Gasteiger partial charge in [-0.05, 0) is 11.0 Å². The smallest absolute Gasteiger partial charge is 0.167 e. The van der Waals surface area contributed by atoms with Gasteiger partial charge < -0.3 is 0 Å². The van der Waals surface area contributed by atoms with Gasteiger partial charge in [0.1, 0.15) is 0 Å². The number of rotatable bonds is 0. The van der Waals surface area contributed by atoms with Crippen molar-refractivity contribution in [2.45, 2.75) is 27.2 Å². The van der Waals surface area contributed by atoms with Crippen molar-refractivity contribution in [3.8, 4) is 0 Å². The third kappa shape index (κ3) is 1.87. The fourth-order valence-corrected chi connectivity index (χ4v) is 1.87. The summed E-state index contributed by atoms with van der Waals surface area (Å²) in [6, 6.07) is 7.83. The number of fused-ring (bicyclic) bond motifs is 1. The van der Waals surface area contributed by atoms with Crippen molar-refractivity contribution in [2.75, 3.05) is 0 Å². The second kappa shape index (κ2) is 3.34. The minimum absolute atomic E-state index is 0.0865. The maximum Gasteiger partial charge on any atom is 0.167 e.